The summed E-state index contributed by atoms with van der Waals surface area (Å²) in [5.41, 5.74) is 4.25. The normalized spacial score (nSPS) is 18.7. The molecule has 1 fully saturated rings. The average molecular weight is 359 g/mol. The van der Waals surface area contributed by atoms with Crippen molar-refractivity contribution in [3.8, 4) is 0 Å². The lowest BCUT2D eigenvalue weighted by molar-refractivity contribution is 0.0936. The summed E-state index contributed by atoms with van der Waals surface area (Å²) in [6.07, 6.45) is 2.02. The summed E-state index contributed by atoms with van der Waals surface area (Å²) < 4.78 is 23.0. The molecule has 1 aliphatic rings. The molecule has 3 rings (SSSR count). The van der Waals surface area contributed by atoms with Gasteiger partial charge in [-0.3, -0.25) is 9.78 Å². The third-order valence-electron chi connectivity index (χ3n) is 4.31. The predicted molar refractivity (Wildman–Crippen MR) is 98.0 cm³/mol. The Hall–Kier alpha value is -2.41. The topological polar surface area (TPSA) is 88.2 Å². The van der Waals surface area contributed by atoms with E-state index >= 15 is 0 Å². The number of anilines is 2. The Kier molecular flexibility index (Phi) is 4.76. The zero-order valence-corrected chi connectivity index (χ0v) is 15.1. The smallest absolute Gasteiger partial charge is 0.270 e. The highest BCUT2D eigenvalue weighted by atomic mass is 32.2. The van der Waals surface area contributed by atoms with Crippen molar-refractivity contribution < 1.29 is 13.2 Å². The van der Waals surface area contributed by atoms with Crippen molar-refractivity contribution in [2.45, 2.75) is 26.3 Å². The molecule has 1 aromatic carbocycles. The lowest BCUT2D eigenvalue weighted by Crippen LogP contribution is -2.36. The van der Waals surface area contributed by atoms with Crippen molar-refractivity contribution in [1.82, 2.24) is 10.3 Å². The monoisotopic (exact) mass is 359 g/mol. The van der Waals surface area contributed by atoms with Crippen LogP contribution in [-0.4, -0.2) is 36.9 Å². The quantitative estimate of drug-likeness (QED) is 0.875. The molecule has 25 heavy (non-hydrogen) atoms. The minimum Gasteiger partial charge on any atom is -0.355 e. The van der Waals surface area contributed by atoms with Gasteiger partial charge in [0.2, 0.25) is 0 Å². The van der Waals surface area contributed by atoms with Gasteiger partial charge in [-0.05, 0) is 43.5 Å². The largest absolute Gasteiger partial charge is 0.355 e. The minimum atomic E-state index is -3.03. The number of nitrogens with one attached hydrogen (secondary N) is 2. The van der Waals surface area contributed by atoms with E-state index in [-0.39, 0.29) is 29.1 Å². The van der Waals surface area contributed by atoms with Crippen molar-refractivity contribution in [1.29, 1.82) is 0 Å². The standard InChI is InChI=1S/C18H21N3O3S/c1-12-4-3-5-13(2)17(12)20-14-6-8-19-16(10-14)18(22)21-15-7-9-25(23,24)11-15/h3-6,8,10,15H,7,9,11H2,1-2H3,(H,19,20)(H,21,22). The van der Waals surface area contributed by atoms with Gasteiger partial charge in [-0.1, -0.05) is 18.2 Å². The van der Waals surface area contributed by atoms with E-state index in [4.69, 9.17) is 0 Å². The molecule has 1 aliphatic heterocycles. The molecular weight excluding hydrogens is 338 g/mol. The van der Waals surface area contributed by atoms with E-state index in [0.29, 0.717) is 6.42 Å². The summed E-state index contributed by atoms with van der Waals surface area (Å²) in [4.78, 5) is 16.5. The molecule has 132 valence electrons. The summed E-state index contributed by atoms with van der Waals surface area (Å²) in [5.74, 6) is -0.231. The summed E-state index contributed by atoms with van der Waals surface area (Å²) in [7, 11) is -3.03. The number of aromatic nitrogens is 1. The summed E-state index contributed by atoms with van der Waals surface area (Å²) in [6.45, 7) is 4.04. The van der Waals surface area contributed by atoms with Gasteiger partial charge in [0.1, 0.15) is 5.69 Å². The molecule has 2 aromatic rings. The maximum absolute atomic E-state index is 12.4. The van der Waals surface area contributed by atoms with Crippen LogP contribution >= 0.6 is 0 Å². The van der Waals surface area contributed by atoms with E-state index in [0.717, 1.165) is 22.5 Å². The third kappa shape index (κ3) is 4.17. The van der Waals surface area contributed by atoms with Crippen LogP contribution in [0, 0.1) is 13.8 Å². The SMILES string of the molecule is Cc1cccc(C)c1Nc1ccnc(C(=O)NC2CCS(=O)(=O)C2)c1. The van der Waals surface area contributed by atoms with Gasteiger partial charge < -0.3 is 10.6 Å². The maximum atomic E-state index is 12.4. The molecule has 0 bridgehead atoms. The molecule has 1 amide bonds. The molecule has 1 saturated heterocycles. The molecule has 0 radical (unpaired) electrons. The van der Waals surface area contributed by atoms with Crippen molar-refractivity contribution in [2.75, 3.05) is 16.8 Å². The van der Waals surface area contributed by atoms with Gasteiger partial charge in [0.05, 0.1) is 11.5 Å². The Labute approximate surface area is 147 Å². The van der Waals surface area contributed by atoms with Crippen LogP contribution in [0.3, 0.4) is 0 Å². The number of hydrogen-bond acceptors (Lipinski definition) is 5. The first-order valence-corrected chi connectivity index (χ1v) is 9.97. The molecule has 0 saturated carbocycles. The molecular formula is C18H21N3O3S. The minimum absolute atomic E-state index is 0.000907. The van der Waals surface area contributed by atoms with Crippen molar-refractivity contribution in [3.05, 3.63) is 53.3 Å². The second-order valence-electron chi connectivity index (χ2n) is 6.39. The molecule has 1 atom stereocenters. The maximum Gasteiger partial charge on any atom is 0.270 e. The summed E-state index contributed by atoms with van der Waals surface area (Å²) >= 11 is 0. The lowest BCUT2D eigenvalue weighted by atomic mass is 10.1. The van der Waals surface area contributed by atoms with E-state index in [1.807, 2.05) is 32.0 Å². The predicted octanol–water partition coefficient (Wildman–Crippen LogP) is 2.36. The van der Waals surface area contributed by atoms with Crippen molar-refractivity contribution in [2.24, 2.45) is 0 Å². The molecule has 2 heterocycles. The van der Waals surface area contributed by atoms with Crippen LogP contribution in [0.1, 0.15) is 28.0 Å². The van der Waals surface area contributed by atoms with Gasteiger partial charge >= 0.3 is 0 Å². The number of amides is 1. The number of sulfone groups is 1. The first-order chi connectivity index (χ1) is 11.8. The van der Waals surface area contributed by atoms with Crippen LogP contribution in [0.5, 0.6) is 0 Å². The van der Waals surface area contributed by atoms with Crippen molar-refractivity contribution in [3.63, 3.8) is 0 Å². The zero-order chi connectivity index (χ0) is 18.0. The van der Waals surface area contributed by atoms with Gasteiger partial charge in [0.25, 0.3) is 5.91 Å². The van der Waals surface area contributed by atoms with Crippen LogP contribution in [-0.2, 0) is 9.84 Å². The lowest BCUT2D eigenvalue weighted by Gasteiger charge is -2.14. The Balaban J connectivity index is 1.74. The fraction of sp³-hybridized carbons (Fsp3) is 0.333. The number of carbonyl (C=O) groups is 1. The first-order valence-electron chi connectivity index (χ1n) is 8.15. The number of aryl methyl sites for hydroxylation is 2. The van der Waals surface area contributed by atoms with E-state index in [1.165, 1.54) is 0 Å². The molecule has 6 nitrogen and oxygen atoms in total. The highest BCUT2D eigenvalue weighted by Gasteiger charge is 2.29. The number of pyridine rings is 1. The second-order valence-corrected chi connectivity index (χ2v) is 8.62. The number of hydrogen-bond donors (Lipinski definition) is 2. The Morgan fingerprint density at radius 2 is 1.92 bits per heavy atom. The first kappa shape index (κ1) is 17.4. The van der Waals surface area contributed by atoms with Gasteiger partial charge in [-0.2, -0.15) is 0 Å². The Morgan fingerprint density at radius 1 is 1.20 bits per heavy atom. The van der Waals surface area contributed by atoms with Crippen LogP contribution in [0.4, 0.5) is 11.4 Å². The zero-order valence-electron chi connectivity index (χ0n) is 14.2. The van der Waals surface area contributed by atoms with Crippen LogP contribution in [0.15, 0.2) is 36.5 Å². The third-order valence-corrected chi connectivity index (χ3v) is 6.08. The van der Waals surface area contributed by atoms with Gasteiger partial charge in [-0.15, -0.1) is 0 Å². The number of benzene rings is 1. The molecule has 1 aromatic heterocycles. The molecule has 0 aliphatic carbocycles. The highest BCUT2D eigenvalue weighted by molar-refractivity contribution is 7.91. The number of nitrogens with zero attached hydrogens (tertiary/aromatic N) is 1. The fourth-order valence-electron chi connectivity index (χ4n) is 2.96. The number of carbonyl (C=O) groups excluding carboxylic acids is 1. The number of rotatable bonds is 4. The van der Waals surface area contributed by atoms with Crippen molar-refractivity contribution >= 4 is 27.1 Å². The van der Waals surface area contributed by atoms with E-state index in [9.17, 15) is 13.2 Å². The van der Waals surface area contributed by atoms with E-state index < -0.39 is 9.84 Å². The Bertz CT molecular complexity index is 889. The van der Waals surface area contributed by atoms with Gasteiger partial charge in [0, 0.05) is 23.6 Å². The highest BCUT2D eigenvalue weighted by Crippen LogP contribution is 2.24. The molecule has 2 N–H and O–H groups in total. The van der Waals surface area contributed by atoms with E-state index in [2.05, 4.69) is 15.6 Å². The molecule has 0 spiro atoms. The second kappa shape index (κ2) is 6.84. The Morgan fingerprint density at radius 3 is 2.56 bits per heavy atom. The van der Waals surface area contributed by atoms with Crippen LogP contribution in [0.25, 0.3) is 0 Å². The molecule has 1 unspecified atom stereocenters. The van der Waals surface area contributed by atoms with Gasteiger partial charge in [-0.25, -0.2) is 8.42 Å². The average Bonchev–Trinajstić information content (AvgIpc) is 2.90. The van der Waals surface area contributed by atoms with E-state index in [1.54, 1.807) is 18.3 Å². The summed E-state index contributed by atoms with van der Waals surface area (Å²) in [6, 6.07) is 9.16. The summed E-state index contributed by atoms with van der Waals surface area (Å²) in [5, 5.41) is 6.08. The van der Waals surface area contributed by atoms with Crippen LogP contribution < -0.4 is 10.6 Å². The fourth-order valence-corrected chi connectivity index (χ4v) is 4.63. The van der Waals surface area contributed by atoms with Gasteiger partial charge in [0.15, 0.2) is 9.84 Å². The number of para-hydroxylation sites is 1. The molecule has 7 heteroatoms. The van der Waals surface area contributed by atoms with Crippen LogP contribution in [0.2, 0.25) is 0 Å².